The Balaban J connectivity index is 0.000000921. The summed E-state index contributed by atoms with van der Waals surface area (Å²) in [6, 6.07) is 7.61. The highest BCUT2D eigenvalue weighted by Gasteiger charge is 2.04. The maximum absolute atomic E-state index is 12.5. The molecule has 1 aromatic rings. The average Bonchev–Trinajstić information content (AvgIpc) is 2.34. The quantitative estimate of drug-likeness (QED) is 0.668. The molecule has 0 fully saturated rings. The maximum atomic E-state index is 12.5. The molecule has 2 heteroatoms. The Morgan fingerprint density at radius 3 is 2.40 bits per heavy atom. The van der Waals surface area contributed by atoms with E-state index in [1.165, 1.54) is 0 Å². The van der Waals surface area contributed by atoms with Crippen molar-refractivity contribution in [2.45, 2.75) is 20.8 Å². The molecule has 15 heavy (non-hydrogen) atoms. The molecule has 0 aliphatic rings. The predicted octanol–water partition coefficient (Wildman–Crippen LogP) is 5.33. The van der Waals surface area contributed by atoms with Crippen molar-refractivity contribution in [3.8, 4) is 0 Å². The van der Waals surface area contributed by atoms with E-state index in [-0.39, 0.29) is 12.1 Å². The third-order valence-electron chi connectivity index (χ3n) is 1.79. The van der Waals surface area contributed by atoms with Crippen LogP contribution in [0, 0.1) is 0 Å². The lowest BCUT2D eigenvalue weighted by molar-refractivity contribution is 0.948. The second-order valence-electron chi connectivity index (χ2n) is 2.52. The van der Waals surface area contributed by atoms with E-state index in [1.54, 1.807) is 12.2 Å². The summed E-state index contributed by atoms with van der Waals surface area (Å²) in [5.74, 6) is 0. The predicted molar refractivity (Wildman–Crippen MR) is 70.2 cm³/mol. The third-order valence-corrected chi connectivity index (χ3v) is 2.41. The Morgan fingerprint density at radius 2 is 1.93 bits per heavy atom. The number of allylic oxidation sites excluding steroid dienone is 1. The Bertz CT molecular complexity index is 329. The van der Waals surface area contributed by atoms with Gasteiger partial charge in [0.2, 0.25) is 0 Å². The molecular formula is C13H17FS. The van der Waals surface area contributed by atoms with Gasteiger partial charge in [0.15, 0.2) is 0 Å². The van der Waals surface area contributed by atoms with Gasteiger partial charge in [-0.25, -0.2) is 0 Å². The largest absolute Gasteiger partial charge is 0.160 e. The van der Waals surface area contributed by atoms with E-state index in [1.807, 2.05) is 45.0 Å². The zero-order chi connectivity index (χ0) is 11.7. The van der Waals surface area contributed by atoms with Crippen LogP contribution < -0.4 is 0 Å². The molecule has 0 N–H and O–H groups in total. The lowest BCUT2D eigenvalue weighted by atomic mass is 10.1. The molecule has 0 unspecified atom stereocenters. The van der Waals surface area contributed by atoms with Crippen LogP contribution in [0.3, 0.4) is 0 Å². The van der Waals surface area contributed by atoms with E-state index in [2.05, 4.69) is 6.58 Å². The van der Waals surface area contributed by atoms with Gasteiger partial charge in [-0.15, -0.1) is 0 Å². The molecular weight excluding hydrogens is 207 g/mol. The monoisotopic (exact) mass is 224 g/mol. The number of hydrogen-bond donors (Lipinski definition) is 0. The van der Waals surface area contributed by atoms with Crippen molar-refractivity contribution >= 4 is 23.1 Å². The van der Waals surface area contributed by atoms with Crippen molar-refractivity contribution in [3.05, 3.63) is 48.0 Å². The summed E-state index contributed by atoms with van der Waals surface area (Å²) in [5.41, 5.74) is 1.85. The molecule has 0 aromatic heterocycles. The molecule has 0 saturated heterocycles. The number of rotatable bonds is 3. The molecule has 1 aromatic carbocycles. The van der Waals surface area contributed by atoms with Gasteiger partial charge in [-0.1, -0.05) is 56.8 Å². The Morgan fingerprint density at radius 1 is 1.33 bits per heavy atom. The van der Waals surface area contributed by atoms with Crippen molar-refractivity contribution in [3.63, 3.8) is 0 Å². The van der Waals surface area contributed by atoms with E-state index in [9.17, 15) is 3.89 Å². The highest BCUT2D eigenvalue weighted by molar-refractivity contribution is 8.03. The van der Waals surface area contributed by atoms with Crippen LogP contribution in [-0.2, 0) is 0 Å². The molecule has 0 nitrogen and oxygen atoms in total. The van der Waals surface area contributed by atoms with Crippen molar-refractivity contribution in [1.29, 1.82) is 0 Å². The minimum Gasteiger partial charge on any atom is -0.160 e. The van der Waals surface area contributed by atoms with Crippen LogP contribution >= 0.6 is 12.1 Å². The second-order valence-corrected chi connectivity index (χ2v) is 3.12. The van der Waals surface area contributed by atoms with Crippen LogP contribution in [0.1, 0.15) is 31.9 Å². The van der Waals surface area contributed by atoms with Crippen LogP contribution in [0.2, 0.25) is 0 Å². The molecule has 0 heterocycles. The topological polar surface area (TPSA) is 0 Å². The SMILES string of the molecule is C=Cc1ccccc1/C(=C\C)SF.CC. The van der Waals surface area contributed by atoms with Gasteiger partial charge in [0.1, 0.15) is 0 Å². The van der Waals surface area contributed by atoms with Gasteiger partial charge < -0.3 is 0 Å². The van der Waals surface area contributed by atoms with E-state index in [4.69, 9.17) is 0 Å². The highest BCUT2D eigenvalue weighted by atomic mass is 32.2. The van der Waals surface area contributed by atoms with E-state index in [0.29, 0.717) is 4.91 Å². The van der Waals surface area contributed by atoms with Crippen molar-refractivity contribution in [2.24, 2.45) is 0 Å². The van der Waals surface area contributed by atoms with Crippen molar-refractivity contribution in [1.82, 2.24) is 0 Å². The lowest BCUT2D eigenvalue weighted by Crippen LogP contribution is -1.83. The van der Waals surface area contributed by atoms with Gasteiger partial charge in [0, 0.05) is 4.91 Å². The van der Waals surface area contributed by atoms with Crippen LogP contribution in [0.25, 0.3) is 11.0 Å². The maximum Gasteiger partial charge on any atom is 0.0815 e. The van der Waals surface area contributed by atoms with Crippen LogP contribution in [0.4, 0.5) is 3.89 Å². The fourth-order valence-electron chi connectivity index (χ4n) is 1.14. The zero-order valence-electron chi connectivity index (χ0n) is 9.46. The third kappa shape index (κ3) is 3.92. The molecule has 0 aliphatic heterocycles. The Labute approximate surface area is 96.2 Å². The molecule has 0 radical (unpaired) electrons. The summed E-state index contributed by atoms with van der Waals surface area (Å²) in [7, 11) is 0. The van der Waals surface area contributed by atoms with Gasteiger partial charge in [-0.2, -0.15) is 3.89 Å². The fourth-order valence-corrected chi connectivity index (χ4v) is 1.50. The zero-order valence-corrected chi connectivity index (χ0v) is 10.3. The summed E-state index contributed by atoms with van der Waals surface area (Å²) in [4.78, 5) is 0.635. The summed E-state index contributed by atoms with van der Waals surface area (Å²) < 4.78 is 12.5. The Hall–Kier alpha value is -1.02. The molecule has 0 spiro atoms. The van der Waals surface area contributed by atoms with Crippen molar-refractivity contribution in [2.75, 3.05) is 0 Å². The van der Waals surface area contributed by atoms with E-state index in [0.717, 1.165) is 11.1 Å². The summed E-state index contributed by atoms with van der Waals surface area (Å²) >= 11 is 0.266. The van der Waals surface area contributed by atoms with Crippen LogP contribution in [0.5, 0.6) is 0 Å². The summed E-state index contributed by atoms with van der Waals surface area (Å²) in [5, 5.41) is 0. The van der Waals surface area contributed by atoms with Crippen LogP contribution in [-0.4, -0.2) is 0 Å². The molecule has 0 bridgehead atoms. The van der Waals surface area contributed by atoms with Crippen LogP contribution in [0.15, 0.2) is 36.9 Å². The lowest BCUT2D eigenvalue weighted by Gasteiger charge is -2.04. The molecule has 0 amide bonds. The highest BCUT2D eigenvalue weighted by Crippen LogP contribution is 2.30. The molecule has 82 valence electrons. The average molecular weight is 224 g/mol. The first-order valence-corrected chi connectivity index (χ1v) is 5.72. The van der Waals surface area contributed by atoms with Gasteiger partial charge in [0.25, 0.3) is 0 Å². The molecule has 1 rings (SSSR count). The molecule has 0 atom stereocenters. The van der Waals surface area contributed by atoms with E-state index >= 15 is 0 Å². The fraction of sp³-hybridized carbons (Fsp3) is 0.231. The number of benzene rings is 1. The standard InChI is InChI=1S/C11H11FS.C2H6/c1-3-9-7-5-6-8-10(9)11(4-2)13-12;1-2/h3-8H,1H2,2H3;1-2H3/b11-4+;. The minimum absolute atomic E-state index is 0.266. The minimum atomic E-state index is 0.266. The Kier molecular flexibility index (Phi) is 7.74. The van der Waals surface area contributed by atoms with Gasteiger partial charge in [0.05, 0.1) is 12.1 Å². The van der Waals surface area contributed by atoms with Gasteiger partial charge in [-0.3, -0.25) is 0 Å². The molecule has 0 aliphatic carbocycles. The summed E-state index contributed by atoms with van der Waals surface area (Å²) in [6.07, 6.45) is 3.49. The first-order chi connectivity index (χ1) is 7.33. The first kappa shape index (κ1) is 14.0. The number of halogens is 1. The number of hydrogen-bond acceptors (Lipinski definition) is 1. The first-order valence-electron chi connectivity index (χ1n) is 5.00. The second kappa shape index (κ2) is 8.30. The summed E-state index contributed by atoms with van der Waals surface area (Å²) in [6.45, 7) is 9.50. The normalized spacial score (nSPS) is 10.3. The molecule has 0 saturated carbocycles. The van der Waals surface area contributed by atoms with Gasteiger partial charge in [-0.05, 0) is 18.1 Å². The smallest absolute Gasteiger partial charge is 0.0815 e. The van der Waals surface area contributed by atoms with Gasteiger partial charge >= 0.3 is 0 Å². The van der Waals surface area contributed by atoms with E-state index < -0.39 is 0 Å². The van der Waals surface area contributed by atoms with Crippen molar-refractivity contribution < 1.29 is 3.89 Å².